The summed E-state index contributed by atoms with van der Waals surface area (Å²) in [6, 6.07) is 7.66. The first-order valence-electron chi connectivity index (χ1n) is 5.71. The van der Waals surface area contributed by atoms with Crippen molar-refractivity contribution in [2.24, 2.45) is 0 Å². The molecule has 0 saturated carbocycles. The van der Waals surface area contributed by atoms with Gasteiger partial charge in [0.15, 0.2) is 0 Å². The van der Waals surface area contributed by atoms with Gasteiger partial charge in [0.25, 0.3) is 0 Å². The van der Waals surface area contributed by atoms with Gasteiger partial charge in [-0.1, -0.05) is 12.1 Å². The molecule has 2 aromatic heterocycles. The Morgan fingerprint density at radius 3 is 2.26 bits per heavy atom. The average molecular weight is 253 g/mol. The van der Waals surface area contributed by atoms with Crippen molar-refractivity contribution in [3.05, 3.63) is 42.5 Å². The van der Waals surface area contributed by atoms with Gasteiger partial charge in [0.2, 0.25) is 11.8 Å². The molecule has 0 radical (unpaired) electrons. The molecule has 2 heterocycles. The molecular weight excluding hydrogens is 242 g/mol. The van der Waals surface area contributed by atoms with Crippen LogP contribution in [0.2, 0.25) is 0 Å². The Labute approximate surface area is 109 Å². The van der Waals surface area contributed by atoms with Gasteiger partial charge in [-0.2, -0.15) is 0 Å². The summed E-state index contributed by atoms with van der Waals surface area (Å²) < 4.78 is 5.36. The predicted molar refractivity (Wildman–Crippen MR) is 69.9 cm³/mol. The van der Waals surface area contributed by atoms with E-state index in [1.54, 1.807) is 13.1 Å². The molecule has 0 unspecified atom stereocenters. The van der Waals surface area contributed by atoms with Crippen molar-refractivity contribution in [2.75, 3.05) is 5.73 Å². The van der Waals surface area contributed by atoms with Crippen LogP contribution in [0.5, 0.6) is 0 Å². The molecule has 0 spiro atoms. The second-order valence-electron chi connectivity index (χ2n) is 4.03. The molecule has 2 N–H and O–H groups in total. The van der Waals surface area contributed by atoms with Crippen LogP contribution in [0.1, 0.15) is 5.89 Å². The first-order valence-corrected chi connectivity index (χ1v) is 5.71. The van der Waals surface area contributed by atoms with E-state index in [0.29, 0.717) is 17.6 Å². The summed E-state index contributed by atoms with van der Waals surface area (Å²) in [4.78, 5) is 8.23. The molecule has 1 aromatic carbocycles. The number of anilines is 1. The zero-order valence-electron chi connectivity index (χ0n) is 10.2. The normalized spacial score (nSPS) is 10.6. The fourth-order valence-electron chi connectivity index (χ4n) is 1.68. The Bertz CT molecular complexity index is 688. The summed E-state index contributed by atoms with van der Waals surface area (Å²) in [5, 5.41) is 7.77. The predicted octanol–water partition coefficient (Wildman–Crippen LogP) is 2.08. The third-order valence-electron chi connectivity index (χ3n) is 2.63. The van der Waals surface area contributed by atoms with E-state index in [1.807, 2.05) is 24.3 Å². The van der Waals surface area contributed by atoms with E-state index in [0.717, 1.165) is 16.8 Å². The highest BCUT2D eigenvalue weighted by atomic mass is 16.4. The summed E-state index contributed by atoms with van der Waals surface area (Å²) >= 11 is 0. The molecule has 3 aromatic rings. The van der Waals surface area contributed by atoms with Gasteiger partial charge >= 0.3 is 0 Å². The van der Waals surface area contributed by atoms with Crippen LogP contribution in [-0.2, 0) is 0 Å². The standard InChI is InChI=1S/C13H11N5O/c1-8-17-18-13(19-8)10-4-2-9(3-5-10)11-6-16-12(14)7-15-11/h2-7H,1H3,(H2,14,16). The van der Waals surface area contributed by atoms with Crippen molar-refractivity contribution in [1.29, 1.82) is 0 Å². The second kappa shape index (κ2) is 4.49. The Morgan fingerprint density at radius 1 is 0.947 bits per heavy atom. The van der Waals surface area contributed by atoms with Crippen LogP contribution in [0.3, 0.4) is 0 Å². The number of hydrogen-bond acceptors (Lipinski definition) is 6. The van der Waals surface area contributed by atoms with Crippen LogP contribution < -0.4 is 5.73 Å². The Morgan fingerprint density at radius 2 is 1.68 bits per heavy atom. The third-order valence-corrected chi connectivity index (χ3v) is 2.63. The van der Waals surface area contributed by atoms with Crippen molar-refractivity contribution in [3.8, 4) is 22.7 Å². The highest BCUT2D eigenvalue weighted by Crippen LogP contribution is 2.22. The molecule has 0 aliphatic carbocycles. The molecule has 0 fully saturated rings. The number of benzene rings is 1. The second-order valence-corrected chi connectivity index (χ2v) is 4.03. The molecule has 3 rings (SSSR count). The quantitative estimate of drug-likeness (QED) is 0.751. The van der Waals surface area contributed by atoms with Gasteiger partial charge in [-0.05, 0) is 12.1 Å². The van der Waals surface area contributed by atoms with E-state index in [-0.39, 0.29) is 0 Å². The van der Waals surface area contributed by atoms with E-state index in [1.165, 1.54) is 6.20 Å². The van der Waals surface area contributed by atoms with Crippen molar-refractivity contribution < 1.29 is 4.42 Å². The van der Waals surface area contributed by atoms with Crippen molar-refractivity contribution in [2.45, 2.75) is 6.92 Å². The zero-order chi connectivity index (χ0) is 13.2. The molecule has 0 saturated heterocycles. The van der Waals surface area contributed by atoms with Gasteiger partial charge in [-0.3, -0.25) is 4.98 Å². The minimum absolute atomic E-state index is 0.404. The summed E-state index contributed by atoms with van der Waals surface area (Å²) in [5.74, 6) is 1.46. The largest absolute Gasteiger partial charge is 0.421 e. The first kappa shape index (κ1) is 11.3. The summed E-state index contributed by atoms with van der Waals surface area (Å²) in [6.45, 7) is 1.76. The van der Waals surface area contributed by atoms with Crippen LogP contribution in [0, 0.1) is 6.92 Å². The van der Waals surface area contributed by atoms with Crippen molar-refractivity contribution >= 4 is 5.82 Å². The average Bonchev–Trinajstić information content (AvgIpc) is 2.87. The molecule has 19 heavy (non-hydrogen) atoms. The van der Waals surface area contributed by atoms with E-state index < -0.39 is 0 Å². The van der Waals surface area contributed by atoms with Gasteiger partial charge in [-0.25, -0.2) is 4.98 Å². The number of nitrogens with two attached hydrogens (primary N) is 1. The lowest BCUT2D eigenvalue weighted by Crippen LogP contribution is -1.92. The van der Waals surface area contributed by atoms with Crippen LogP contribution in [0.25, 0.3) is 22.7 Å². The molecular formula is C13H11N5O. The van der Waals surface area contributed by atoms with E-state index in [4.69, 9.17) is 10.2 Å². The minimum atomic E-state index is 0.404. The lowest BCUT2D eigenvalue weighted by molar-refractivity contribution is 0.533. The molecule has 6 heteroatoms. The molecule has 6 nitrogen and oxygen atoms in total. The molecule has 0 aliphatic heterocycles. The zero-order valence-corrected chi connectivity index (χ0v) is 10.2. The number of aryl methyl sites for hydroxylation is 1. The fourth-order valence-corrected chi connectivity index (χ4v) is 1.68. The SMILES string of the molecule is Cc1nnc(-c2ccc(-c3cnc(N)cn3)cc2)o1. The topological polar surface area (TPSA) is 90.7 Å². The van der Waals surface area contributed by atoms with E-state index >= 15 is 0 Å². The maximum atomic E-state index is 5.51. The van der Waals surface area contributed by atoms with Crippen molar-refractivity contribution in [1.82, 2.24) is 20.2 Å². The molecule has 0 bridgehead atoms. The smallest absolute Gasteiger partial charge is 0.247 e. The van der Waals surface area contributed by atoms with E-state index in [2.05, 4.69) is 20.2 Å². The first-order chi connectivity index (χ1) is 9.22. The lowest BCUT2D eigenvalue weighted by atomic mass is 10.1. The minimum Gasteiger partial charge on any atom is -0.421 e. The van der Waals surface area contributed by atoms with Crippen LogP contribution in [0.4, 0.5) is 5.82 Å². The number of aromatic nitrogens is 4. The molecule has 0 aliphatic rings. The highest BCUT2D eigenvalue weighted by Gasteiger charge is 2.06. The third kappa shape index (κ3) is 2.28. The maximum absolute atomic E-state index is 5.51. The van der Waals surface area contributed by atoms with Crippen LogP contribution in [0.15, 0.2) is 41.1 Å². The van der Waals surface area contributed by atoms with Gasteiger partial charge in [-0.15, -0.1) is 10.2 Å². The molecule has 0 amide bonds. The Balaban J connectivity index is 1.92. The van der Waals surface area contributed by atoms with Gasteiger partial charge < -0.3 is 10.2 Å². The number of rotatable bonds is 2. The number of nitrogens with zero attached hydrogens (tertiary/aromatic N) is 4. The Hall–Kier alpha value is -2.76. The highest BCUT2D eigenvalue weighted by molar-refractivity contribution is 5.64. The molecule has 0 atom stereocenters. The van der Waals surface area contributed by atoms with Gasteiger partial charge in [0.1, 0.15) is 5.82 Å². The summed E-state index contributed by atoms with van der Waals surface area (Å²) in [5.41, 5.74) is 8.09. The van der Waals surface area contributed by atoms with E-state index in [9.17, 15) is 0 Å². The fraction of sp³-hybridized carbons (Fsp3) is 0.0769. The van der Waals surface area contributed by atoms with Gasteiger partial charge in [0.05, 0.1) is 18.1 Å². The van der Waals surface area contributed by atoms with Crippen LogP contribution >= 0.6 is 0 Å². The molecule has 94 valence electrons. The summed E-state index contributed by atoms with van der Waals surface area (Å²) in [6.07, 6.45) is 3.17. The Kier molecular flexibility index (Phi) is 2.68. The van der Waals surface area contributed by atoms with Crippen molar-refractivity contribution in [3.63, 3.8) is 0 Å². The number of hydrogen-bond donors (Lipinski definition) is 1. The number of nitrogen functional groups attached to an aromatic ring is 1. The monoisotopic (exact) mass is 253 g/mol. The van der Waals surface area contributed by atoms with Crippen LogP contribution in [-0.4, -0.2) is 20.2 Å². The summed E-state index contributed by atoms with van der Waals surface area (Å²) in [7, 11) is 0. The maximum Gasteiger partial charge on any atom is 0.247 e. The lowest BCUT2D eigenvalue weighted by Gasteiger charge is -2.01. The van der Waals surface area contributed by atoms with Gasteiger partial charge in [0, 0.05) is 18.1 Å².